The van der Waals surface area contributed by atoms with E-state index in [1.54, 1.807) is 0 Å². The molecular weight excluding hydrogens is 218 g/mol. The fourth-order valence-corrected chi connectivity index (χ4v) is 1.76. The highest BCUT2D eigenvalue weighted by molar-refractivity contribution is 5.73. The van der Waals surface area contributed by atoms with Gasteiger partial charge in [-0.25, -0.2) is 0 Å². The summed E-state index contributed by atoms with van der Waals surface area (Å²) in [5.41, 5.74) is 0. The van der Waals surface area contributed by atoms with E-state index in [2.05, 4.69) is 5.32 Å². The Morgan fingerprint density at radius 3 is 2.56 bits per heavy atom. The molecule has 1 heterocycles. The molecule has 1 amide bonds. The van der Waals surface area contributed by atoms with Crippen LogP contribution in [0.2, 0.25) is 0 Å². The molecule has 0 radical (unpaired) electrons. The summed E-state index contributed by atoms with van der Waals surface area (Å²) in [4.78, 5) is 10.9. The van der Waals surface area contributed by atoms with Crippen molar-refractivity contribution < 1.29 is 29.6 Å². The van der Waals surface area contributed by atoms with Gasteiger partial charge in [-0.1, -0.05) is 0 Å². The maximum atomic E-state index is 10.9. The Morgan fingerprint density at radius 1 is 1.50 bits per heavy atom. The third-order valence-corrected chi connectivity index (χ3v) is 2.51. The van der Waals surface area contributed by atoms with Gasteiger partial charge in [-0.05, 0) is 0 Å². The van der Waals surface area contributed by atoms with Crippen molar-refractivity contribution in [3.05, 3.63) is 0 Å². The van der Waals surface area contributed by atoms with Gasteiger partial charge >= 0.3 is 0 Å². The van der Waals surface area contributed by atoms with Crippen LogP contribution in [0.25, 0.3) is 0 Å². The first-order chi connectivity index (χ1) is 7.51. The highest BCUT2D eigenvalue weighted by Gasteiger charge is 2.45. The molecule has 4 N–H and O–H groups in total. The Kier molecular flexibility index (Phi) is 4.63. The van der Waals surface area contributed by atoms with E-state index in [0.29, 0.717) is 0 Å². The zero-order chi connectivity index (χ0) is 12.3. The Labute approximate surface area is 93.0 Å². The molecule has 5 atom stereocenters. The molecule has 0 aromatic rings. The number of carbonyl (C=O) groups excluding carboxylic acids is 1. The molecule has 1 fully saturated rings. The number of carbonyl (C=O) groups is 1. The summed E-state index contributed by atoms with van der Waals surface area (Å²) in [6, 6.07) is -0.861. The van der Waals surface area contributed by atoms with Crippen molar-refractivity contribution in [2.45, 2.75) is 37.6 Å². The molecule has 1 rings (SSSR count). The molecule has 1 aliphatic rings. The Morgan fingerprint density at radius 2 is 2.12 bits per heavy atom. The van der Waals surface area contributed by atoms with Crippen molar-refractivity contribution in [1.29, 1.82) is 0 Å². The first kappa shape index (κ1) is 13.3. The fraction of sp³-hybridized carbons (Fsp3) is 0.889. The highest BCUT2D eigenvalue weighted by Crippen LogP contribution is 2.21. The van der Waals surface area contributed by atoms with Crippen molar-refractivity contribution in [2.75, 3.05) is 13.7 Å². The molecule has 0 bridgehead atoms. The highest BCUT2D eigenvalue weighted by atomic mass is 16.6. The average Bonchev–Trinajstić information content (AvgIpc) is 2.23. The van der Waals surface area contributed by atoms with Gasteiger partial charge in [-0.15, -0.1) is 0 Å². The Hall–Kier alpha value is -0.730. The van der Waals surface area contributed by atoms with Gasteiger partial charge in [0.2, 0.25) is 5.91 Å². The summed E-state index contributed by atoms with van der Waals surface area (Å²) in [6.45, 7) is 0.842. The van der Waals surface area contributed by atoms with Crippen molar-refractivity contribution in [1.82, 2.24) is 5.32 Å². The Bertz CT molecular complexity index is 248. The quantitative estimate of drug-likeness (QED) is 0.433. The van der Waals surface area contributed by atoms with Crippen LogP contribution in [0.1, 0.15) is 6.92 Å². The van der Waals surface area contributed by atoms with Crippen LogP contribution >= 0.6 is 0 Å². The number of aliphatic hydroxyl groups excluding tert-OH is 3. The predicted molar refractivity (Wildman–Crippen MR) is 52.4 cm³/mol. The van der Waals surface area contributed by atoms with Gasteiger partial charge in [0.25, 0.3) is 0 Å². The van der Waals surface area contributed by atoms with Gasteiger partial charge in [0.15, 0.2) is 6.29 Å². The Balaban J connectivity index is 2.78. The van der Waals surface area contributed by atoms with Crippen LogP contribution in [-0.4, -0.2) is 65.6 Å². The van der Waals surface area contributed by atoms with Gasteiger partial charge in [0, 0.05) is 14.0 Å². The lowest BCUT2D eigenvalue weighted by Crippen LogP contribution is -2.64. The summed E-state index contributed by atoms with van der Waals surface area (Å²) in [6.07, 6.45) is -4.19. The zero-order valence-electron chi connectivity index (χ0n) is 9.16. The first-order valence-corrected chi connectivity index (χ1v) is 4.93. The smallest absolute Gasteiger partial charge is 0.217 e. The van der Waals surface area contributed by atoms with Crippen LogP contribution in [0.15, 0.2) is 0 Å². The minimum atomic E-state index is -1.32. The average molecular weight is 235 g/mol. The normalized spacial score (nSPS) is 39.4. The molecule has 0 aromatic heterocycles. The first-order valence-electron chi connectivity index (χ1n) is 4.93. The summed E-state index contributed by atoms with van der Waals surface area (Å²) < 4.78 is 9.96. The number of hydrogen-bond donors (Lipinski definition) is 4. The number of nitrogens with one attached hydrogen (secondary N) is 1. The predicted octanol–water partition coefficient (Wildman–Crippen LogP) is -2.42. The molecule has 0 saturated carbocycles. The minimum Gasteiger partial charge on any atom is -0.394 e. The third-order valence-electron chi connectivity index (χ3n) is 2.51. The van der Waals surface area contributed by atoms with E-state index in [0.717, 1.165) is 0 Å². The standard InChI is InChI=1S/C9H17NO6/c1-4(12)10-6-8(15-2)7(13)5(3-11)16-9(6)14/h5-9,11,13-14H,3H2,1-2H3,(H,10,12)/t5-,6-,7+,8-,9?/m1/s1. The van der Waals surface area contributed by atoms with Crippen LogP contribution in [0, 0.1) is 0 Å². The third kappa shape index (κ3) is 2.69. The van der Waals surface area contributed by atoms with E-state index in [1.165, 1.54) is 14.0 Å². The van der Waals surface area contributed by atoms with Crippen molar-refractivity contribution in [2.24, 2.45) is 0 Å². The zero-order valence-corrected chi connectivity index (χ0v) is 9.16. The van der Waals surface area contributed by atoms with Gasteiger partial charge in [0.1, 0.15) is 24.4 Å². The van der Waals surface area contributed by atoms with Crippen LogP contribution < -0.4 is 5.32 Å². The number of ether oxygens (including phenoxy) is 2. The van der Waals surface area contributed by atoms with Crippen molar-refractivity contribution in [3.8, 4) is 0 Å². The maximum absolute atomic E-state index is 10.9. The van der Waals surface area contributed by atoms with E-state index in [9.17, 15) is 15.0 Å². The lowest BCUT2D eigenvalue weighted by Gasteiger charge is -2.41. The van der Waals surface area contributed by atoms with Gasteiger partial charge in [0.05, 0.1) is 6.61 Å². The molecule has 7 nitrogen and oxygen atoms in total. The molecular formula is C9H17NO6. The van der Waals surface area contributed by atoms with Crippen molar-refractivity contribution >= 4 is 5.91 Å². The molecule has 94 valence electrons. The maximum Gasteiger partial charge on any atom is 0.217 e. The minimum absolute atomic E-state index is 0.371. The van der Waals surface area contributed by atoms with E-state index in [-0.39, 0.29) is 5.91 Å². The molecule has 1 unspecified atom stereocenters. The van der Waals surface area contributed by atoms with Crippen LogP contribution in [0.3, 0.4) is 0 Å². The number of aliphatic hydroxyl groups is 3. The second-order valence-electron chi connectivity index (χ2n) is 3.66. The number of amides is 1. The summed E-state index contributed by atoms with van der Waals surface area (Å²) in [7, 11) is 1.34. The van der Waals surface area contributed by atoms with Gasteiger partial charge in [-0.2, -0.15) is 0 Å². The van der Waals surface area contributed by atoms with E-state index in [1.807, 2.05) is 0 Å². The van der Waals surface area contributed by atoms with Crippen LogP contribution in [0.4, 0.5) is 0 Å². The molecule has 7 heteroatoms. The molecule has 0 aliphatic carbocycles. The van der Waals surface area contributed by atoms with E-state index < -0.39 is 37.3 Å². The van der Waals surface area contributed by atoms with E-state index >= 15 is 0 Å². The molecule has 0 spiro atoms. The van der Waals surface area contributed by atoms with Crippen LogP contribution in [-0.2, 0) is 14.3 Å². The SMILES string of the molecule is CO[C@H]1[C@@H](O)[C@@H](CO)OC(O)[C@@H]1NC(C)=O. The lowest BCUT2D eigenvalue weighted by atomic mass is 9.97. The lowest BCUT2D eigenvalue weighted by molar-refractivity contribution is -0.258. The van der Waals surface area contributed by atoms with E-state index in [4.69, 9.17) is 14.6 Å². The number of rotatable bonds is 3. The number of methoxy groups -OCH3 is 1. The molecule has 0 aromatic carbocycles. The van der Waals surface area contributed by atoms with Gasteiger partial charge in [-0.3, -0.25) is 4.79 Å². The molecule has 1 saturated heterocycles. The summed E-state index contributed by atoms with van der Waals surface area (Å²) in [5.74, 6) is -0.371. The second kappa shape index (κ2) is 5.55. The monoisotopic (exact) mass is 235 g/mol. The second-order valence-corrected chi connectivity index (χ2v) is 3.66. The van der Waals surface area contributed by atoms with Gasteiger partial charge < -0.3 is 30.1 Å². The largest absolute Gasteiger partial charge is 0.394 e. The van der Waals surface area contributed by atoms with Crippen LogP contribution in [0.5, 0.6) is 0 Å². The number of hydrogen-bond acceptors (Lipinski definition) is 6. The summed E-state index contributed by atoms with van der Waals surface area (Å²) in [5, 5.41) is 30.7. The molecule has 16 heavy (non-hydrogen) atoms. The summed E-state index contributed by atoms with van der Waals surface area (Å²) >= 11 is 0. The topological polar surface area (TPSA) is 108 Å². The fourth-order valence-electron chi connectivity index (χ4n) is 1.76. The van der Waals surface area contributed by atoms with Crippen molar-refractivity contribution in [3.63, 3.8) is 0 Å². The molecule has 1 aliphatic heterocycles.